The van der Waals surface area contributed by atoms with Crippen LogP contribution in [0.25, 0.3) is 0 Å². The maximum Gasteiger partial charge on any atom is 0.148 e. The van der Waals surface area contributed by atoms with Gasteiger partial charge in [-0.2, -0.15) is 0 Å². The summed E-state index contributed by atoms with van der Waals surface area (Å²) in [7, 11) is -2.93. The molecule has 22 heavy (non-hydrogen) atoms. The van der Waals surface area contributed by atoms with Crippen molar-refractivity contribution in [1.82, 2.24) is 4.90 Å². The summed E-state index contributed by atoms with van der Waals surface area (Å²) in [5.41, 5.74) is 1.29. The van der Waals surface area contributed by atoms with Crippen molar-refractivity contribution in [3.05, 3.63) is 57.8 Å². The molecule has 120 valence electrons. The molecule has 2 rings (SSSR count). The van der Waals surface area contributed by atoms with E-state index in [4.69, 9.17) is 0 Å². The van der Waals surface area contributed by atoms with Crippen molar-refractivity contribution in [2.45, 2.75) is 19.9 Å². The molecular formula is C17H23NO2S2. The molecule has 1 aromatic heterocycles. The Labute approximate surface area is 137 Å². The Balaban J connectivity index is 1.97. The van der Waals surface area contributed by atoms with Crippen LogP contribution in [-0.4, -0.2) is 38.4 Å². The van der Waals surface area contributed by atoms with Crippen LogP contribution in [0, 0.1) is 6.92 Å². The number of benzene rings is 1. The predicted octanol–water partition coefficient (Wildman–Crippen LogP) is 3.15. The Morgan fingerprint density at radius 3 is 2.36 bits per heavy atom. The van der Waals surface area contributed by atoms with E-state index in [9.17, 15) is 8.42 Å². The van der Waals surface area contributed by atoms with Crippen LogP contribution in [0.1, 0.15) is 15.3 Å². The maximum absolute atomic E-state index is 11.4. The van der Waals surface area contributed by atoms with Gasteiger partial charge in [0.1, 0.15) is 9.84 Å². The summed E-state index contributed by atoms with van der Waals surface area (Å²) in [6.45, 7) is 4.37. The molecule has 0 N–H and O–H groups in total. The van der Waals surface area contributed by atoms with E-state index >= 15 is 0 Å². The first kappa shape index (κ1) is 17.2. The third-order valence-electron chi connectivity index (χ3n) is 3.51. The first-order valence-electron chi connectivity index (χ1n) is 7.42. The average molecular weight is 338 g/mol. The Morgan fingerprint density at radius 1 is 1.05 bits per heavy atom. The zero-order valence-corrected chi connectivity index (χ0v) is 14.8. The summed E-state index contributed by atoms with van der Waals surface area (Å²) in [5, 5.41) is 0. The zero-order chi connectivity index (χ0) is 16.0. The van der Waals surface area contributed by atoms with Crippen LogP contribution >= 0.6 is 11.3 Å². The third kappa shape index (κ3) is 6.30. The van der Waals surface area contributed by atoms with E-state index in [1.54, 1.807) is 11.3 Å². The summed E-state index contributed by atoms with van der Waals surface area (Å²) in [4.78, 5) is 4.82. The van der Waals surface area contributed by atoms with E-state index < -0.39 is 9.84 Å². The standard InChI is InChI=1S/C17H23NO2S2/c1-15-8-9-17(21-15)14-18(12-13-22(2,19)20)11-10-16-6-4-3-5-7-16/h3-9H,10-14H2,1-2H3. The monoisotopic (exact) mass is 337 g/mol. The van der Waals surface area contributed by atoms with E-state index in [1.807, 2.05) is 18.2 Å². The number of hydrogen-bond donors (Lipinski definition) is 0. The first-order valence-corrected chi connectivity index (χ1v) is 10.3. The molecule has 0 fully saturated rings. The van der Waals surface area contributed by atoms with Crippen LogP contribution in [0.4, 0.5) is 0 Å². The minimum Gasteiger partial charge on any atom is -0.297 e. The molecule has 0 saturated heterocycles. The van der Waals surface area contributed by atoms with Gasteiger partial charge in [-0.3, -0.25) is 4.90 Å². The van der Waals surface area contributed by atoms with Gasteiger partial charge in [-0.15, -0.1) is 11.3 Å². The fraction of sp³-hybridized carbons (Fsp3) is 0.412. The minimum absolute atomic E-state index is 0.214. The van der Waals surface area contributed by atoms with Crippen LogP contribution < -0.4 is 0 Å². The van der Waals surface area contributed by atoms with E-state index in [1.165, 1.54) is 21.6 Å². The van der Waals surface area contributed by atoms with Crippen LogP contribution in [0.3, 0.4) is 0 Å². The van der Waals surface area contributed by atoms with E-state index in [0.29, 0.717) is 6.54 Å². The Hall–Kier alpha value is -1.17. The van der Waals surface area contributed by atoms with Crippen molar-refractivity contribution >= 4 is 21.2 Å². The lowest BCUT2D eigenvalue weighted by Gasteiger charge is -2.21. The first-order chi connectivity index (χ1) is 10.4. The highest BCUT2D eigenvalue weighted by Gasteiger charge is 2.11. The molecule has 0 unspecified atom stereocenters. The molecule has 0 aliphatic rings. The number of aryl methyl sites for hydroxylation is 1. The fourth-order valence-corrected chi connectivity index (χ4v) is 3.81. The molecular weight excluding hydrogens is 314 g/mol. The van der Waals surface area contributed by atoms with E-state index in [2.05, 4.69) is 36.1 Å². The van der Waals surface area contributed by atoms with Gasteiger partial charge in [0.2, 0.25) is 0 Å². The van der Waals surface area contributed by atoms with Gasteiger partial charge in [-0.25, -0.2) is 8.42 Å². The van der Waals surface area contributed by atoms with Gasteiger partial charge in [-0.05, 0) is 31.0 Å². The second-order valence-electron chi connectivity index (χ2n) is 5.65. The van der Waals surface area contributed by atoms with Crippen molar-refractivity contribution in [3.8, 4) is 0 Å². The van der Waals surface area contributed by atoms with Crippen LogP contribution in [0.5, 0.6) is 0 Å². The molecule has 1 aromatic carbocycles. The van der Waals surface area contributed by atoms with E-state index in [-0.39, 0.29) is 5.75 Å². The molecule has 2 aromatic rings. The second kappa shape index (κ2) is 7.90. The average Bonchev–Trinajstić information content (AvgIpc) is 2.87. The number of hydrogen-bond acceptors (Lipinski definition) is 4. The molecule has 0 atom stereocenters. The Kier molecular flexibility index (Phi) is 6.17. The minimum atomic E-state index is -2.93. The Bertz CT molecular complexity index is 678. The van der Waals surface area contributed by atoms with Gasteiger partial charge in [0.25, 0.3) is 0 Å². The number of sulfone groups is 1. The van der Waals surface area contributed by atoms with Gasteiger partial charge >= 0.3 is 0 Å². The van der Waals surface area contributed by atoms with Crippen LogP contribution in [0.2, 0.25) is 0 Å². The zero-order valence-electron chi connectivity index (χ0n) is 13.2. The molecule has 0 aliphatic carbocycles. The molecule has 0 radical (unpaired) electrons. The summed E-state index contributed by atoms with van der Waals surface area (Å²) >= 11 is 1.78. The van der Waals surface area contributed by atoms with Crippen molar-refractivity contribution in [2.75, 3.05) is 25.1 Å². The maximum atomic E-state index is 11.4. The SMILES string of the molecule is Cc1ccc(CN(CCc2ccccc2)CCS(C)(=O)=O)s1. The molecule has 0 amide bonds. The number of nitrogens with zero attached hydrogens (tertiary/aromatic N) is 1. The third-order valence-corrected chi connectivity index (χ3v) is 5.42. The lowest BCUT2D eigenvalue weighted by atomic mass is 10.1. The number of rotatable bonds is 8. The summed E-state index contributed by atoms with van der Waals surface area (Å²) < 4.78 is 22.9. The lowest BCUT2D eigenvalue weighted by molar-refractivity contribution is 0.287. The highest BCUT2D eigenvalue weighted by Crippen LogP contribution is 2.17. The second-order valence-corrected chi connectivity index (χ2v) is 9.29. The Morgan fingerprint density at radius 2 is 1.77 bits per heavy atom. The highest BCUT2D eigenvalue weighted by molar-refractivity contribution is 7.90. The summed E-state index contributed by atoms with van der Waals surface area (Å²) in [6, 6.07) is 14.6. The molecule has 0 spiro atoms. The molecule has 5 heteroatoms. The van der Waals surface area contributed by atoms with Gasteiger partial charge in [0, 0.05) is 35.6 Å². The van der Waals surface area contributed by atoms with Crippen LogP contribution in [-0.2, 0) is 22.8 Å². The molecule has 1 heterocycles. The lowest BCUT2D eigenvalue weighted by Crippen LogP contribution is -2.30. The molecule has 3 nitrogen and oxygen atoms in total. The van der Waals surface area contributed by atoms with Gasteiger partial charge in [0.15, 0.2) is 0 Å². The van der Waals surface area contributed by atoms with Crippen molar-refractivity contribution in [3.63, 3.8) is 0 Å². The van der Waals surface area contributed by atoms with Crippen LogP contribution in [0.15, 0.2) is 42.5 Å². The normalized spacial score (nSPS) is 12.0. The van der Waals surface area contributed by atoms with Gasteiger partial charge in [0.05, 0.1) is 5.75 Å². The topological polar surface area (TPSA) is 37.4 Å². The summed E-state index contributed by atoms with van der Waals surface area (Å²) in [5.74, 6) is 0.214. The van der Waals surface area contributed by atoms with Crippen molar-refractivity contribution in [2.24, 2.45) is 0 Å². The molecule has 0 aliphatic heterocycles. The predicted molar refractivity (Wildman–Crippen MR) is 94.2 cm³/mol. The van der Waals surface area contributed by atoms with E-state index in [0.717, 1.165) is 19.5 Å². The molecule has 0 saturated carbocycles. The van der Waals surface area contributed by atoms with Crippen molar-refractivity contribution in [1.29, 1.82) is 0 Å². The van der Waals surface area contributed by atoms with Gasteiger partial charge in [-0.1, -0.05) is 30.3 Å². The largest absolute Gasteiger partial charge is 0.297 e. The number of thiophene rings is 1. The fourth-order valence-electron chi connectivity index (χ4n) is 2.29. The highest BCUT2D eigenvalue weighted by atomic mass is 32.2. The smallest absolute Gasteiger partial charge is 0.148 e. The quantitative estimate of drug-likeness (QED) is 0.742. The van der Waals surface area contributed by atoms with Crippen molar-refractivity contribution < 1.29 is 8.42 Å². The summed E-state index contributed by atoms with van der Waals surface area (Å²) in [6.07, 6.45) is 2.24. The molecule has 0 bridgehead atoms. The van der Waals surface area contributed by atoms with Gasteiger partial charge < -0.3 is 0 Å².